The number of nitrogens with one attached hydrogen (secondary N) is 1. The first-order chi connectivity index (χ1) is 9.97. The molecule has 1 aromatic carbocycles. The number of nitrogens with zero attached hydrogens (tertiary/aromatic N) is 2. The molecule has 0 aliphatic heterocycles. The van der Waals surface area contributed by atoms with Gasteiger partial charge < -0.3 is 5.32 Å². The fourth-order valence-corrected chi connectivity index (χ4v) is 2.06. The van der Waals surface area contributed by atoms with Gasteiger partial charge in [-0.2, -0.15) is 0 Å². The normalized spacial score (nSPS) is 10.7. The Morgan fingerprint density at radius 1 is 1.33 bits per heavy atom. The van der Waals surface area contributed by atoms with Crippen LogP contribution in [0.1, 0.15) is 30.9 Å². The number of pyridine rings is 1. The summed E-state index contributed by atoms with van der Waals surface area (Å²) < 4.78 is 0. The molecule has 0 amide bonds. The van der Waals surface area contributed by atoms with Gasteiger partial charge in [0.15, 0.2) is 0 Å². The van der Waals surface area contributed by atoms with Gasteiger partial charge in [-0.05, 0) is 17.0 Å². The number of hydrogen-bond acceptors (Lipinski definition) is 4. The summed E-state index contributed by atoms with van der Waals surface area (Å²) in [5.74, 6) is 0.698. The van der Waals surface area contributed by atoms with Crippen LogP contribution in [0.3, 0.4) is 0 Å². The van der Waals surface area contributed by atoms with Crippen LogP contribution in [0.4, 0.5) is 11.5 Å². The van der Waals surface area contributed by atoms with Crippen molar-refractivity contribution in [2.75, 3.05) is 5.32 Å². The van der Waals surface area contributed by atoms with E-state index < -0.39 is 4.92 Å². The Morgan fingerprint density at radius 3 is 2.57 bits per heavy atom. The van der Waals surface area contributed by atoms with Gasteiger partial charge >= 0.3 is 5.69 Å². The summed E-state index contributed by atoms with van der Waals surface area (Å²) in [4.78, 5) is 14.5. The van der Waals surface area contributed by atoms with Gasteiger partial charge in [-0.15, -0.1) is 0 Å². The van der Waals surface area contributed by atoms with Crippen LogP contribution < -0.4 is 5.32 Å². The smallest absolute Gasteiger partial charge is 0.312 e. The van der Waals surface area contributed by atoms with E-state index in [0.717, 1.165) is 5.56 Å². The second-order valence-electron chi connectivity index (χ2n) is 5.03. The maximum atomic E-state index is 11.0. The minimum atomic E-state index is -0.497. The highest BCUT2D eigenvalue weighted by Crippen LogP contribution is 2.25. The van der Waals surface area contributed by atoms with E-state index in [0.29, 0.717) is 12.5 Å². The van der Waals surface area contributed by atoms with Gasteiger partial charge in [-0.3, -0.25) is 10.1 Å². The lowest BCUT2D eigenvalue weighted by molar-refractivity contribution is -0.384. The van der Waals surface area contributed by atoms with Crippen molar-refractivity contribution in [3.8, 4) is 0 Å². The van der Waals surface area contributed by atoms with Gasteiger partial charge in [0.1, 0.15) is 0 Å². The Kier molecular flexibility index (Phi) is 4.75. The standard InChI is InChI=1S/C15H16ClN3O2/c1-10(2)12-5-3-11(4-6-12)8-17-15-14(19(20)21)7-13(16)9-18-15/h3-7,9-10H,8H2,1-2H3,(H,17,18). The molecular formula is C15H16ClN3O2. The minimum Gasteiger partial charge on any atom is -0.360 e. The van der Waals surface area contributed by atoms with E-state index in [2.05, 4.69) is 36.3 Å². The van der Waals surface area contributed by atoms with Crippen LogP contribution in [0.15, 0.2) is 36.5 Å². The number of anilines is 1. The number of aromatic nitrogens is 1. The maximum absolute atomic E-state index is 11.0. The lowest BCUT2D eigenvalue weighted by atomic mass is 10.0. The molecular weight excluding hydrogens is 290 g/mol. The van der Waals surface area contributed by atoms with Gasteiger partial charge in [0.05, 0.1) is 9.95 Å². The monoisotopic (exact) mass is 305 g/mol. The zero-order chi connectivity index (χ0) is 15.4. The summed E-state index contributed by atoms with van der Waals surface area (Å²) >= 11 is 5.73. The minimum absolute atomic E-state index is 0.124. The SMILES string of the molecule is CC(C)c1ccc(CNc2ncc(Cl)cc2[N+](=O)[O-])cc1. The van der Waals surface area contributed by atoms with E-state index in [9.17, 15) is 10.1 Å². The van der Waals surface area contributed by atoms with Crippen molar-refractivity contribution in [2.24, 2.45) is 0 Å². The maximum Gasteiger partial charge on any atom is 0.312 e. The Hall–Kier alpha value is -2.14. The number of rotatable bonds is 5. The zero-order valence-corrected chi connectivity index (χ0v) is 12.6. The predicted octanol–water partition coefficient (Wildman–Crippen LogP) is 4.38. The molecule has 0 bridgehead atoms. The van der Waals surface area contributed by atoms with Crippen LogP contribution in [-0.2, 0) is 6.54 Å². The molecule has 2 aromatic rings. The average molecular weight is 306 g/mol. The molecule has 0 atom stereocenters. The Labute approximate surface area is 128 Å². The fourth-order valence-electron chi connectivity index (χ4n) is 1.91. The molecule has 2 rings (SSSR count). The Morgan fingerprint density at radius 2 is 2.00 bits per heavy atom. The van der Waals surface area contributed by atoms with E-state index in [1.807, 2.05) is 12.1 Å². The summed E-state index contributed by atoms with van der Waals surface area (Å²) in [5, 5.41) is 14.2. The van der Waals surface area contributed by atoms with Crippen molar-refractivity contribution in [1.29, 1.82) is 0 Å². The second kappa shape index (κ2) is 6.54. The summed E-state index contributed by atoms with van der Waals surface area (Å²) in [5.41, 5.74) is 2.17. The van der Waals surface area contributed by atoms with Gasteiger partial charge in [0.25, 0.3) is 0 Å². The van der Waals surface area contributed by atoms with Crippen molar-refractivity contribution in [1.82, 2.24) is 4.98 Å². The molecule has 1 aromatic heterocycles. The molecule has 5 nitrogen and oxygen atoms in total. The summed E-state index contributed by atoms with van der Waals surface area (Å²) in [6, 6.07) is 9.42. The molecule has 0 spiro atoms. The molecule has 1 N–H and O–H groups in total. The van der Waals surface area contributed by atoms with Crippen LogP contribution in [0, 0.1) is 10.1 Å². The Balaban J connectivity index is 2.11. The summed E-state index contributed by atoms with van der Waals surface area (Å²) in [6.07, 6.45) is 1.39. The molecule has 0 aliphatic rings. The van der Waals surface area contributed by atoms with E-state index >= 15 is 0 Å². The molecule has 0 saturated carbocycles. The van der Waals surface area contributed by atoms with Crippen molar-refractivity contribution in [3.05, 3.63) is 62.8 Å². The third-order valence-electron chi connectivity index (χ3n) is 3.14. The van der Waals surface area contributed by atoms with Gasteiger partial charge in [-0.1, -0.05) is 49.7 Å². The summed E-state index contributed by atoms with van der Waals surface area (Å²) in [6.45, 7) is 4.73. The molecule has 0 saturated heterocycles. The van der Waals surface area contributed by atoms with Crippen LogP contribution >= 0.6 is 11.6 Å². The first-order valence-electron chi connectivity index (χ1n) is 6.60. The van der Waals surface area contributed by atoms with Crippen molar-refractivity contribution >= 4 is 23.1 Å². The quantitative estimate of drug-likeness (QED) is 0.657. The van der Waals surface area contributed by atoms with Crippen molar-refractivity contribution < 1.29 is 4.92 Å². The highest BCUT2D eigenvalue weighted by Gasteiger charge is 2.15. The third kappa shape index (κ3) is 3.92. The fraction of sp³-hybridized carbons (Fsp3) is 0.267. The van der Waals surface area contributed by atoms with Crippen LogP contribution in [0.25, 0.3) is 0 Å². The molecule has 0 aliphatic carbocycles. The number of nitro groups is 1. The molecule has 0 radical (unpaired) electrons. The lowest BCUT2D eigenvalue weighted by Gasteiger charge is -2.09. The van der Waals surface area contributed by atoms with Gasteiger partial charge in [-0.25, -0.2) is 4.98 Å². The topological polar surface area (TPSA) is 68.1 Å². The molecule has 6 heteroatoms. The summed E-state index contributed by atoms with van der Waals surface area (Å²) in [7, 11) is 0. The highest BCUT2D eigenvalue weighted by molar-refractivity contribution is 6.30. The lowest BCUT2D eigenvalue weighted by Crippen LogP contribution is -2.04. The Bertz CT molecular complexity index is 642. The molecule has 1 heterocycles. The first-order valence-corrected chi connectivity index (χ1v) is 6.98. The molecule has 21 heavy (non-hydrogen) atoms. The highest BCUT2D eigenvalue weighted by atomic mass is 35.5. The number of benzene rings is 1. The van der Waals surface area contributed by atoms with E-state index in [-0.39, 0.29) is 16.5 Å². The predicted molar refractivity (Wildman–Crippen MR) is 83.8 cm³/mol. The zero-order valence-electron chi connectivity index (χ0n) is 11.8. The molecule has 0 unspecified atom stereocenters. The van der Waals surface area contributed by atoms with Crippen molar-refractivity contribution in [3.63, 3.8) is 0 Å². The number of hydrogen-bond donors (Lipinski definition) is 1. The molecule has 0 fully saturated rings. The third-order valence-corrected chi connectivity index (χ3v) is 3.34. The largest absolute Gasteiger partial charge is 0.360 e. The van der Waals surface area contributed by atoms with Crippen LogP contribution in [0.2, 0.25) is 5.02 Å². The van der Waals surface area contributed by atoms with Crippen LogP contribution in [0.5, 0.6) is 0 Å². The molecule has 110 valence electrons. The van der Waals surface area contributed by atoms with E-state index in [1.165, 1.54) is 17.8 Å². The van der Waals surface area contributed by atoms with Crippen molar-refractivity contribution in [2.45, 2.75) is 26.3 Å². The van der Waals surface area contributed by atoms with Gasteiger partial charge in [0.2, 0.25) is 5.82 Å². The average Bonchev–Trinajstić information content (AvgIpc) is 2.46. The van der Waals surface area contributed by atoms with E-state index in [4.69, 9.17) is 11.6 Å². The number of halogens is 1. The first kappa shape index (κ1) is 15.3. The van der Waals surface area contributed by atoms with Gasteiger partial charge in [0, 0.05) is 18.8 Å². The second-order valence-corrected chi connectivity index (χ2v) is 5.46. The van der Waals surface area contributed by atoms with E-state index in [1.54, 1.807) is 0 Å². The van der Waals surface area contributed by atoms with Crippen LogP contribution in [-0.4, -0.2) is 9.91 Å².